The number of rotatable bonds is 4. The van der Waals surface area contributed by atoms with Crippen molar-refractivity contribution in [3.8, 4) is 0 Å². The SMILES string of the molecule is O=C(N1CCCC1)N1CC[C@@H]2OCCC[C@@]2(COCc2ccccn2)C1. The highest BCUT2D eigenvalue weighted by atomic mass is 16.5. The van der Waals surface area contributed by atoms with Gasteiger partial charge in [-0.3, -0.25) is 4.98 Å². The molecular formula is C20H29N3O3. The van der Waals surface area contributed by atoms with E-state index in [0.717, 1.165) is 70.6 Å². The number of hydrogen-bond donors (Lipinski definition) is 0. The summed E-state index contributed by atoms with van der Waals surface area (Å²) in [6.07, 6.45) is 7.25. The van der Waals surface area contributed by atoms with Gasteiger partial charge in [-0.2, -0.15) is 0 Å². The maximum atomic E-state index is 12.9. The van der Waals surface area contributed by atoms with Crippen LogP contribution in [0.5, 0.6) is 0 Å². The monoisotopic (exact) mass is 359 g/mol. The average molecular weight is 359 g/mol. The van der Waals surface area contributed by atoms with E-state index in [1.54, 1.807) is 6.20 Å². The molecule has 0 aromatic carbocycles. The van der Waals surface area contributed by atoms with Crippen molar-refractivity contribution in [2.75, 3.05) is 39.4 Å². The van der Waals surface area contributed by atoms with Gasteiger partial charge in [0.05, 0.1) is 25.0 Å². The van der Waals surface area contributed by atoms with Crippen molar-refractivity contribution in [2.24, 2.45) is 5.41 Å². The number of aromatic nitrogens is 1. The van der Waals surface area contributed by atoms with Gasteiger partial charge < -0.3 is 19.3 Å². The van der Waals surface area contributed by atoms with Gasteiger partial charge in [-0.1, -0.05) is 6.07 Å². The minimum Gasteiger partial charge on any atom is -0.377 e. The van der Waals surface area contributed by atoms with Gasteiger partial charge >= 0.3 is 6.03 Å². The Kier molecular flexibility index (Phi) is 5.41. The summed E-state index contributed by atoms with van der Waals surface area (Å²) in [4.78, 5) is 21.3. The van der Waals surface area contributed by atoms with Crippen molar-refractivity contribution in [1.82, 2.24) is 14.8 Å². The molecule has 2 atom stereocenters. The number of fused-ring (bicyclic) bond motifs is 1. The Morgan fingerprint density at radius 2 is 2.12 bits per heavy atom. The lowest BCUT2D eigenvalue weighted by molar-refractivity contribution is -0.149. The lowest BCUT2D eigenvalue weighted by Gasteiger charge is -2.50. The first kappa shape index (κ1) is 17.7. The Hall–Kier alpha value is -1.66. The molecule has 1 aromatic heterocycles. The summed E-state index contributed by atoms with van der Waals surface area (Å²) in [5.41, 5.74) is 0.860. The van der Waals surface area contributed by atoms with Crippen LogP contribution in [0.15, 0.2) is 24.4 Å². The molecule has 0 aliphatic carbocycles. The highest BCUT2D eigenvalue weighted by Gasteiger charge is 2.47. The summed E-state index contributed by atoms with van der Waals surface area (Å²) in [6, 6.07) is 6.08. The van der Waals surface area contributed by atoms with Gasteiger partial charge in [0.1, 0.15) is 0 Å². The normalized spacial score (nSPS) is 28.8. The van der Waals surface area contributed by atoms with E-state index in [0.29, 0.717) is 13.2 Å². The number of carbonyl (C=O) groups excluding carboxylic acids is 1. The van der Waals surface area contributed by atoms with Gasteiger partial charge in [-0.15, -0.1) is 0 Å². The Balaban J connectivity index is 1.41. The van der Waals surface area contributed by atoms with E-state index < -0.39 is 0 Å². The van der Waals surface area contributed by atoms with Crippen LogP contribution in [0.1, 0.15) is 37.8 Å². The van der Waals surface area contributed by atoms with Crippen molar-refractivity contribution in [2.45, 2.75) is 44.8 Å². The molecule has 2 amide bonds. The van der Waals surface area contributed by atoms with Gasteiger partial charge in [-0.25, -0.2) is 4.79 Å². The van der Waals surface area contributed by atoms with Crippen LogP contribution in [0.2, 0.25) is 0 Å². The van der Waals surface area contributed by atoms with E-state index in [1.807, 2.05) is 28.0 Å². The first-order valence-electron chi connectivity index (χ1n) is 9.90. The molecule has 3 fully saturated rings. The molecule has 0 bridgehead atoms. The van der Waals surface area contributed by atoms with Crippen LogP contribution in [-0.4, -0.2) is 66.3 Å². The quantitative estimate of drug-likeness (QED) is 0.829. The molecule has 0 unspecified atom stereocenters. The second kappa shape index (κ2) is 7.92. The van der Waals surface area contributed by atoms with E-state index >= 15 is 0 Å². The van der Waals surface area contributed by atoms with Crippen LogP contribution < -0.4 is 0 Å². The maximum Gasteiger partial charge on any atom is 0.320 e. The maximum absolute atomic E-state index is 12.9. The van der Waals surface area contributed by atoms with Crippen molar-refractivity contribution >= 4 is 6.03 Å². The molecule has 0 N–H and O–H groups in total. The molecule has 3 saturated heterocycles. The Morgan fingerprint density at radius 1 is 1.23 bits per heavy atom. The van der Waals surface area contributed by atoms with Gasteiger partial charge in [0.15, 0.2) is 0 Å². The molecule has 0 saturated carbocycles. The predicted molar refractivity (Wildman–Crippen MR) is 97.7 cm³/mol. The van der Waals surface area contributed by atoms with Gasteiger partial charge in [-0.05, 0) is 44.2 Å². The van der Waals surface area contributed by atoms with E-state index in [1.165, 1.54) is 0 Å². The molecule has 4 rings (SSSR count). The first-order valence-corrected chi connectivity index (χ1v) is 9.90. The zero-order chi connectivity index (χ0) is 17.8. The lowest BCUT2D eigenvalue weighted by atomic mass is 9.73. The number of hydrogen-bond acceptors (Lipinski definition) is 4. The molecule has 0 spiro atoms. The summed E-state index contributed by atoms with van der Waals surface area (Å²) < 4.78 is 12.2. The minimum absolute atomic E-state index is 0.0827. The van der Waals surface area contributed by atoms with Crippen LogP contribution in [0.4, 0.5) is 4.79 Å². The van der Waals surface area contributed by atoms with Crippen molar-refractivity contribution in [1.29, 1.82) is 0 Å². The van der Waals surface area contributed by atoms with Crippen LogP contribution in [-0.2, 0) is 16.1 Å². The molecule has 1 aromatic rings. The average Bonchev–Trinajstić information content (AvgIpc) is 3.22. The van der Waals surface area contributed by atoms with Crippen LogP contribution in [0, 0.1) is 5.41 Å². The first-order chi connectivity index (χ1) is 12.8. The van der Waals surface area contributed by atoms with Crippen molar-refractivity contribution in [3.05, 3.63) is 30.1 Å². The smallest absolute Gasteiger partial charge is 0.320 e. The van der Waals surface area contributed by atoms with E-state index in [9.17, 15) is 4.79 Å². The summed E-state index contributed by atoms with van der Waals surface area (Å²) in [6.45, 7) is 5.30. The second-order valence-corrected chi connectivity index (χ2v) is 7.83. The highest BCUT2D eigenvalue weighted by molar-refractivity contribution is 5.75. The van der Waals surface area contributed by atoms with E-state index in [-0.39, 0.29) is 17.6 Å². The molecule has 0 radical (unpaired) electrons. The summed E-state index contributed by atoms with van der Waals surface area (Å²) in [7, 11) is 0. The molecule has 142 valence electrons. The Labute approximate surface area is 155 Å². The number of likely N-dealkylation sites (tertiary alicyclic amines) is 2. The van der Waals surface area contributed by atoms with Crippen molar-refractivity contribution in [3.63, 3.8) is 0 Å². The molecule has 26 heavy (non-hydrogen) atoms. The second-order valence-electron chi connectivity index (χ2n) is 7.83. The van der Waals surface area contributed by atoms with Gasteiger partial charge in [0.25, 0.3) is 0 Å². The topological polar surface area (TPSA) is 54.9 Å². The predicted octanol–water partition coefficient (Wildman–Crippen LogP) is 2.69. The van der Waals surface area contributed by atoms with Crippen LogP contribution in [0.25, 0.3) is 0 Å². The fourth-order valence-corrected chi connectivity index (χ4v) is 4.62. The summed E-state index contributed by atoms with van der Waals surface area (Å²) in [5, 5.41) is 0. The molecule has 4 heterocycles. The Morgan fingerprint density at radius 3 is 2.92 bits per heavy atom. The standard InChI is InChI=1S/C20H29N3O3/c24-19(22-10-3-4-11-22)23-12-7-18-20(15-23,8-5-13-26-18)16-25-14-17-6-1-2-9-21-17/h1-2,6,9,18H,3-5,7-8,10-16H2/t18-,20-/m0/s1. The third-order valence-electron chi connectivity index (χ3n) is 6.00. The molecular weight excluding hydrogens is 330 g/mol. The zero-order valence-corrected chi connectivity index (χ0v) is 15.4. The number of amides is 2. The van der Waals surface area contributed by atoms with E-state index in [4.69, 9.17) is 9.47 Å². The number of ether oxygens (including phenoxy) is 2. The summed E-state index contributed by atoms with van der Waals surface area (Å²) >= 11 is 0. The third kappa shape index (κ3) is 3.71. The minimum atomic E-state index is -0.0827. The number of nitrogens with zero attached hydrogens (tertiary/aromatic N) is 3. The summed E-state index contributed by atoms with van der Waals surface area (Å²) in [5.74, 6) is 0. The largest absolute Gasteiger partial charge is 0.377 e. The fraction of sp³-hybridized carbons (Fsp3) is 0.700. The molecule has 3 aliphatic rings. The molecule has 3 aliphatic heterocycles. The van der Waals surface area contributed by atoms with Crippen LogP contribution >= 0.6 is 0 Å². The van der Waals surface area contributed by atoms with Crippen molar-refractivity contribution < 1.29 is 14.3 Å². The number of carbonyl (C=O) groups is 1. The number of urea groups is 1. The zero-order valence-electron chi connectivity index (χ0n) is 15.4. The Bertz CT molecular complexity index is 606. The lowest BCUT2D eigenvalue weighted by Crippen LogP contribution is -2.59. The fourth-order valence-electron chi connectivity index (χ4n) is 4.62. The molecule has 6 nitrogen and oxygen atoms in total. The molecule has 6 heteroatoms. The van der Waals surface area contributed by atoms with E-state index in [2.05, 4.69) is 4.98 Å². The van der Waals surface area contributed by atoms with Gasteiger partial charge in [0, 0.05) is 44.4 Å². The van der Waals surface area contributed by atoms with Gasteiger partial charge in [0.2, 0.25) is 0 Å². The third-order valence-corrected chi connectivity index (χ3v) is 6.00. The highest BCUT2D eigenvalue weighted by Crippen LogP contribution is 2.41. The van der Waals surface area contributed by atoms with Crippen LogP contribution in [0.3, 0.4) is 0 Å². The number of pyridine rings is 1. The number of piperidine rings is 1.